The van der Waals surface area contributed by atoms with Gasteiger partial charge in [-0.25, -0.2) is 0 Å². The predicted octanol–water partition coefficient (Wildman–Crippen LogP) is 6.73. The Labute approximate surface area is 234 Å². The number of methoxy groups -OCH3 is 2. The fourth-order valence-electron chi connectivity index (χ4n) is 5.10. The van der Waals surface area contributed by atoms with Gasteiger partial charge in [-0.2, -0.15) is 9.13 Å². The highest BCUT2D eigenvalue weighted by Crippen LogP contribution is 2.29. The van der Waals surface area contributed by atoms with E-state index in [1.807, 2.05) is 0 Å². The smallest absolute Gasteiger partial charge is 0.213 e. The van der Waals surface area contributed by atoms with Crippen molar-refractivity contribution in [2.24, 2.45) is 0 Å². The van der Waals surface area contributed by atoms with E-state index in [-0.39, 0.29) is 0 Å². The van der Waals surface area contributed by atoms with Gasteiger partial charge in [-0.1, -0.05) is 52.0 Å². The predicted molar refractivity (Wildman–Crippen MR) is 159 cm³/mol. The first-order chi connectivity index (χ1) is 18.9. The zero-order valence-electron chi connectivity index (χ0n) is 24.5. The average Bonchev–Trinajstić information content (AvgIpc) is 2.95. The summed E-state index contributed by atoms with van der Waals surface area (Å²) in [6.07, 6.45) is 5.25. The number of benzene rings is 2. The summed E-state index contributed by atoms with van der Waals surface area (Å²) in [5, 5.41) is 0. The monoisotopic (exact) mass is 524 g/mol. The summed E-state index contributed by atoms with van der Waals surface area (Å²) in [5.74, 6) is 0.921. The van der Waals surface area contributed by atoms with Crippen LogP contribution in [0.2, 0.25) is 0 Å². The molecule has 0 aliphatic carbocycles. The van der Waals surface area contributed by atoms with Crippen LogP contribution < -0.4 is 9.13 Å². The first-order valence-electron chi connectivity index (χ1n) is 14.1. The van der Waals surface area contributed by atoms with Crippen molar-refractivity contribution in [3.8, 4) is 22.5 Å². The highest BCUT2D eigenvalue weighted by molar-refractivity contribution is 5.64. The van der Waals surface area contributed by atoms with Crippen LogP contribution in [0, 0.1) is 0 Å². The van der Waals surface area contributed by atoms with E-state index >= 15 is 0 Å². The van der Waals surface area contributed by atoms with Gasteiger partial charge in [0, 0.05) is 49.6 Å². The third kappa shape index (κ3) is 7.00. The molecule has 4 nitrogen and oxygen atoms in total. The molecular weight excluding hydrogens is 480 g/mol. The van der Waals surface area contributed by atoms with E-state index in [4.69, 9.17) is 9.47 Å². The van der Waals surface area contributed by atoms with Gasteiger partial charge >= 0.3 is 0 Å². The number of ether oxygens (including phenoxy) is 2. The van der Waals surface area contributed by atoms with Crippen LogP contribution in [0.4, 0.5) is 0 Å². The molecule has 4 heteroatoms. The summed E-state index contributed by atoms with van der Waals surface area (Å²) in [4.78, 5) is 0. The van der Waals surface area contributed by atoms with Crippen LogP contribution in [-0.2, 0) is 29.0 Å². The van der Waals surface area contributed by atoms with Gasteiger partial charge in [0.05, 0.1) is 12.2 Å². The van der Waals surface area contributed by atoms with Gasteiger partial charge < -0.3 is 9.47 Å². The molecule has 0 atom stereocenters. The summed E-state index contributed by atoms with van der Waals surface area (Å²) in [7, 11) is 3.53. The van der Waals surface area contributed by atoms with Gasteiger partial charge in [-0.15, -0.1) is 0 Å². The van der Waals surface area contributed by atoms with Crippen molar-refractivity contribution in [1.29, 1.82) is 0 Å². The number of rotatable bonds is 12. The molecule has 0 unspecified atom stereocenters. The van der Waals surface area contributed by atoms with Crippen molar-refractivity contribution < 1.29 is 18.6 Å². The minimum atomic E-state index is 0.455. The molecular formula is C35H44N2O2+2. The summed E-state index contributed by atoms with van der Waals surface area (Å²) in [5.41, 5.74) is 10.3. The van der Waals surface area contributed by atoms with E-state index in [2.05, 4.69) is 122 Å². The van der Waals surface area contributed by atoms with E-state index in [1.54, 1.807) is 14.2 Å². The zero-order chi connectivity index (χ0) is 27.8. The van der Waals surface area contributed by atoms with Gasteiger partial charge in [0.2, 0.25) is 11.4 Å². The minimum Gasteiger partial charge on any atom is -0.384 e. The zero-order valence-corrected chi connectivity index (χ0v) is 24.5. The average molecular weight is 525 g/mol. The Morgan fingerprint density at radius 1 is 0.615 bits per heavy atom. The molecule has 0 saturated heterocycles. The van der Waals surface area contributed by atoms with Crippen LogP contribution in [0.3, 0.4) is 0 Å². The molecule has 0 aliphatic heterocycles. The maximum absolute atomic E-state index is 5.46. The number of pyridine rings is 2. The molecule has 2 heterocycles. The normalized spacial score (nSPS) is 11.5. The van der Waals surface area contributed by atoms with Crippen molar-refractivity contribution >= 4 is 0 Å². The van der Waals surface area contributed by atoms with Crippen LogP contribution in [-0.4, -0.2) is 27.4 Å². The van der Waals surface area contributed by atoms with Crippen LogP contribution in [0.5, 0.6) is 0 Å². The summed E-state index contributed by atoms with van der Waals surface area (Å²) < 4.78 is 15.6. The Balaban J connectivity index is 1.84. The van der Waals surface area contributed by atoms with Crippen molar-refractivity contribution in [3.63, 3.8) is 0 Å². The Morgan fingerprint density at radius 3 is 1.74 bits per heavy atom. The fraction of sp³-hybridized carbons (Fsp3) is 0.371. The maximum Gasteiger partial charge on any atom is 0.213 e. The molecule has 4 aromatic rings. The molecule has 0 radical (unpaired) electrons. The first-order valence-corrected chi connectivity index (χ1v) is 14.1. The lowest BCUT2D eigenvalue weighted by molar-refractivity contribution is -0.688. The Hall–Kier alpha value is -3.34. The van der Waals surface area contributed by atoms with Crippen molar-refractivity contribution in [1.82, 2.24) is 0 Å². The highest BCUT2D eigenvalue weighted by atomic mass is 16.5. The Bertz CT molecular complexity index is 1380. The number of hydrogen-bond acceptors (Lipinski definition) is 2. The quantitative estimate of drug-likeness (QED) is 0.192. The minimum absolute atomic E-state index is 0.455. The molecule has 2 aromatic carbocycles. The fourth-order valence-corrected chi connectivity index (χ4v) is 5.10. The third-order valence-electron chi connectivity index (χ3n) is 7.49. The van der Waals surface area contributed by atoms with Gasteiger partial charge in [-0.05, 0) is 59.2 Å². The molecule has 0 amide bonds. The van der Waals surface area contributed by atoms with Crippen LogP contribution in [0.15, 0.2) is 85.2 Å². The largest absolute Gasteiger partial charge is 0.384 e. The summed E-state index contributed by atoms with van der Waals surface area (Å²) in [6.45, 7) is 12.0. The van der Waals surface area contributed by atoms with Gasteiger partial charge in [0.25, 0.3) is 0 Å². The third-order valence-corrected chi connectivity index (χ3v) is 7.49. The molecule has 0 N–H and O–H groups in total. The highest BCUT2D eigenvalue weighted by Gasteiger charge is 2.23. The van der Waals surface area contributed by atoms with E-state index in [0.29, 0.717) is 25.0 Å². The Morgan fingerprint density at radius 2 is 1.15 bits per heavy atom. The SMILES string of the molecule is COCCc1ccc(C(C)C)cc1-c1cccc[n+]1Cc1ccc(C(C)C)cc1-c1cccc[n+]1CCOC. The van der Waals surface area contributed by atoms with Crippen molar-refractivity contribution in [3.05, 3.63) is 107 Å². The first kappa shape index (κ1) is 28.7. The number of hydrogen-bond donors (Lipinski definition) is 0. The Kier molecular flexibility index (Phi) is 10.0. The standard InChI is InChI=1S/C35H44N2O2/c1-26(2)29-14-13-28(17-21-38-5)32(23-29)35-12-8-10-19-37(35)25-31-16-15-30(27(3)4)24-33(31)34-11-7-9-18-36(34)20-22-39-6/h7-16,18-19,23-24,26-27H,17,20-22,25H2,1-6H3/q+2. The second-order valence-corrected chi connectivity index (χ2v) is 10.9. The molecule has 0 fully saturated rings. The van der Waals surface area contributed by atoms with E-state index in [0.717, 1.165) is 19.5 Å². The molecule has 0 aliphatic rings. The second kappa shape index (κ2) is 13.6. The molecule has 0 bridgehead atoms. The van der Waals surface area contributed by atoms with Crippen LogP contribution >= 0.6 is 0 Å². The molecule has 2 aromatic heterocycles. The van der Waals surface area contributed by atoms with Crippen molar-refractivity contribution in [2.75, 3.05) is 27.4 Å². The second-order valence-electron chi connectivity index (χ2n) is 10.9. The maximum atomic E-state index is 5.46. The molecule has 4 rings (SSSR count). The van der Waals surface area contributed by atoms with Gasteiger partial charge in [0.1, 0.15) is 6.61 Å². The van der Waals surface area contributed by atoms with E-state index < -0.39 is 0 Å². The van der Waals surface area contributed by atoms with E-state index in [9.17, 15) is 0 Å². The molecule has 0 saturated carbocycles. The summed E-state index contributed by atoms with van der Waals surface area (Å²) >= 11 is 0. The topological polar surface area (TPSA) is 26.2 Å². The summed E-state index contributed by atoms with van der Waals surface area (Å²) in [6, 6.07) is 26.9. The van der Waals surface area contributed by atoms with E-state index in [1.165, 1.54) is 44.8 Å². The lowest BCUT2D eigenvalue weighted by Gasteiger charge is -2.15. The van der Waals surface area contributed by atoms with Gasteiger partial charge in [0.15, 0.2) is 25.5 Å². The lowest BCUT2D eigenvalue weighted by Crippen LogP contribution is -2.39. The van der Waals surface area contributed by atoms with Crippen LogP contribution in [0.1, 0.15) is 61.8 Å². The number of nitrogens with zero attached hydrogens (tertiary/aromatic N) is 2. The molecule has 204 valence electrons. The number of aromatic nitrogens is 2. The van der Waals surface area contributed by atoms with Crippen molar-refractivity contribution in [2.45, 2.75) is 59.0 Å². The van der Waals surface area contributed by atoms with Gasteiger partial charge in [-0.3, -0.25) is 0 Å². The molecule has 39 heavy (non-hydrogen) atoms. The van der Waals surface area contributed by atoms with Crippen LogP contribution in [0.25, 0.3) is 22.5 Å². The lowest BCUT2D eigenvalue weighted by atomic mass is 9.93. The molecule has 0 spiro atoms.